The van der Waals surface area contributed by atoms with Gasteiger partial charge in [0.2, 0.25) is 10.0 Å². The van der Waals surface area contributed by atoms with Crippen LogP contribution in [0.3, 0.4) is 0 Å². The number of rotatable bonds is 7. The molecular formula is C11H21N3O3S. The molecule has 0 aromatic carbocycles. The zero-order valence-electron chi connectivity index (χ0n) is 11.0. The Morgan fingerprint density at radius 2 is 1.94 bits per heavy atom. The van der Waals surface area contributed by atoms with Crippen molar-refractivity contribution in [2.45, 2.75) is 17.9 Å². The number of aromatic nitrogens is 1. The molecule has 1 heterocycles. The van der Waals surface area contributed by atoms with E-state index in [4.69, 9.17) is 5.11 Å². The predicted octanol–water partition coefficient (Wildman–Crippen LogP) is 0.0792. The summed E-state index contributed by atoms with van der Waals surface area (Å²) in [6, 6.07) is 1.46. The van der Waals surface area contributed by atoms with Gasteiger partial charge >= 0.3 is 0 Å². The Labute approximate surface area is 108 Å². The summed E-state index contributed by atoms with van der Waals surface area (Å²) < 4.78 is 25.6. The minimum atomic E-state index is -3.45. The quantitative estimate of drug-likeness (QED) is 0.739. The maximum Gasteiger partial charge on any atom is 0.244 e. The number of hydrogen-bond donors (Lipinski definition) is 2. The van der Waals surface area contributed by atoms with Gasteiger partial charge in [-0.05, 0) is 33.1 Å². The Hall–Kier alpha value is -0.890. The van der Waals surface area contributed by atoms with Gasteiger partial charge < -0.3 is 15.0 Å². The molecule has 0 saturated heterocycles. The molecule has 0 atom stereocenters. The third-order valence-corrected chi connectivity index (χ3v) is 4.51. The van der Waals surface area contributed by atoms with Gasteiger partial charge in [-0.1, -0.05) is 0 Å². The van der Waals surface area contributed by atoms with E-state index in [1.807, 2.05) is 19.0 Å². The minimum absolute atomic E-state index is 0.193. The van der Waals surface area contributed by atoms with Gasteiger partial charge in [0.15, 0.2) is 0 Å². The van der Waals surface area contributed by atoms with Crippen molar-refractivity contribution in [3.8, 4) is 0 Å². The van der Waals surface area contributed by atoms with Crippen molar-refractivity contribution < 1.29 is 13.5 Å². The molecule has 7 heteroatoms. The number of hydrogen-bond acceptors (Lipinski definition) is 4. The van der Waals surface area contributed by atoms with Crippen molar-refractivity contribution in [3.63, 3.8) is 0 Å². The molecule has 6 nitrogen and oxygen atoms in total. The molecule has 1 aromatic rings. The topological polar surface area (TPSA) is 76.6 Å². The maximum absolute atomic E-state index is 12.1. The van der Waals surface area contributed by atoms with E-state index in [0.717, 1.165) is 13.0 Å². The van der Waals surface area contributed by atoms with Gasteiger partial charge in [0.1, 0.15) is 0 Å². The largest absolute Gasteiger partial charge is 0.390 e. The summed E-state index contributed by atoms with van der Waals surface area (Å²) in [5, 5.41) is 8.91. The lowest BCUT2D eigenvalue weighted by molar-refractivity contribution is 0.277. The highest BCUT2D eigenvalue weighted by atomic mass is 32.2. The number of sulfonamides is 1. The molecule has 0 aliphatic rings. The maximum atomic E-state index is 12.1. The molecule has 0 amide bonds. The Kier molecular flexibility index (Phi) is 5.33. The fraction of sp³-hybridized carbons (Fsp3) is 0.636. The third kappa shape index (κ3) is 3.81. The van der Waals surface area contributed by atoms with Crippen LogP contribution in [0.25, 0.3) is 0 Å². The highest BCUT2D eigenvalue weighted by molar-refractivity contribution is 7.89. The van der Waals surface area contributed by atoms with E-state index in [0.29, 0.717) is 12.2 Å². The van der Waals surface area contributed by atoms with Crippen LogP contribution >= 0.6 is 0 Å². The lowest BCUT2D eigenvalue weighted by atomic mass is 10.4. The summed E-state index contributed by atoms with van der Waals surface area (Å²) in [6.45, 7) is 1.12. The van der Waals surface area contributed by atoms with Gasteiger partial charge in [-0.25, -0.2) is 12.7 Å². The lowest BCUT2D eigenvalue weighted by Crippen LogP contribution is -2.29. The number of nitrogens with one attached hydrogen (secondary N) is 1. The van der Waals surface area contributed by atoms with Crippen molar-refractivity contribution >= 4 is 10.0 Å². The van der Waals surface area contributed by atoms with Crippen LogP contribution in [-0.4, -0.2) is 61.9 Å². The van der Waals surface area contributed by atoms with Crippen molar-refractivity contribution in [3.05, 3.63) is 18.0 Å². The molecule has 1 rings (SSSR count). The Bertz CT molecular complexity index is 468. The standard InChI is InChI=1S/C11H21N3O3S/c1-13(2)5-4-6-14(3)18(16,17)11-7-10(9-15)12-8-11/h7-8,12,15H,4-6,9H2,1-3H3. The van der Waals surface area contributed by atoms with E-state index in [-0.39, 0.29) is 11.5 Å². The Balaban J connectivity index is 2.67. The van der Waals surface area contributed by atoms with E-state index in [1.54, 1.807) is 7.05 Å². The predicted molar refractivity (Wildman–Crippen MR) is 69.7 cm³/mol. The summed E-state index contributed by atoms with van der Waals surface area (Å²) in [6.07, 6.45) is 2.18. The summed E-state index contributed by atoms with van der Waals surface area (Å²) >= 11 is 0. The highest BCUT2D eigenvalue weighted by Crippen LogP contribution is 2.15. The first-order valence-electron chi connectivity index (χ1n) is 5.77. The lowest BCUT2D eigenvalue weighted by Gasteiger charge is -2.17. The smallest absolute Gasteiger partial charge is 0.244 e. The van der Waals surface area contributed by atoms with Crippen LogP contribution < -0.4 is 0 Å². The fourth-order valence-electron chi connectivity index (χ4n) is 1.57. The van der Waals surface area contributed by atoms with E-state index in [9.17, 15) is 8.42 Å². The van der Waals surface area contributed by atoms with Gasteiger partial charge in [-0.3, -0.25) is 0 Å². The number of aliphatic hydroxyl groups is 1. The van der Waals surface area contributed by atoms with E-state index in [2.05, 4.69) is 4.98 Å². The van der Waals surface area contributed by atoms with Crippen molar-refractivity contribution in [2.24, 2.45) is 0 Å². The van der Waals surface area contributed by atoms with Gasteiger partial charge in [0.25, 0.3) is 0 Å². The van der Waals surface area contributed by atoms with Crippen LogP contribution in [0.5, 0.6) is 0 Å². The molecular weight excluding hydrogens is 254 g/mol. The second kappa shape index (κ2) is 6.33. The molecule has 0 unspecified atom stereocenters. The Morgan fingerprint density at radius 3 is 2.44 bits per heavy atom. The fourth-order valence-corrected chi connectivity index (χ4v) is 2.80. The molecule has 0 bridgehead atoms. The molecule has 0 spiro atoms. The highest BCUT2D eigenvalue weighted by Gasteiger charge is 2.21. The van der Waals surface area contributed by atoms with E-state index < -0.39 is 10.0 Å². The number of nitrogens with zero attached hydrogens (tertiary/aromatic N) is 2. The van der Waals surface area contributed by atoms with Gasteiger partial charge in [0, 0.05) is 25.5 Å². The second-order valence-corrected chi connectivity index (χ2v) is 6.55. The third-order valence-electron chi connectivity index (χ3n) is 2.67. The second-order valence-electron chi connectivity index (χ2n) is 4.50. The normalized spacial score (nSPS) is 12.6. The monoisotopic (exact) mass is 275 g/mol. The number of aliphatic hydroxyl groups excluding tert-OH is 1. The summed E-state index contributed by atoms with van der Waals surface area (Å²) in [4.78, 5) is 4.93. The molecule has 0 aliphatic carbocycles. The van der Waals surface area contributed by atoms with Crippen LogP contribution in [0.1, 0.15) is 12.1 Å². The van der Waals surface area contributed by atoms with Gasteiger partial charge in [-0.2, -0.15) is 0 Å². The zero-order chi connectivity index (χ0) is 13.8. The Morgan fingerprint density at radius 1 is 1.28 bits per heavy atom. The first-order valence-corrected chi connectivity index (χ1v) is 7.21. The average molecular weight is 275 g/mol. The molecule has 2 N–H and O–H groups in total. The molecule has 0 saturated carbocycles. The van der Waals surface area contributed by atoms with Crippen LogP contribution in [0.2, 0.25) is 0 Å². The van der Waals surface area contributed by atoms with Crippen LogP contribution in [0.15, 0.2) is 17.2 Å². The molecule has 1 aromatic heterocycles. The van der Waals surface area contributed by atoms with Crippen LogP contribution in [-0.2, 0) is 16.6 Å². The molecule has 0 radical (unpaired) electrons. The molecule has 18 heavy (non-hydrogen) atoms. The number of aromatic amines is 1. The zero-order valence-corrected chi connectivity index (χ0v) is 11.9. The SMILES string of the molecule is CN(C)CCCN(C)S(=O)(=O)c1c[nH]c(CO)c1. The van der Waals surface area contributed by atoms with Crippen molar-refractivity contribution in [1.82, 2.24) is 14.2 Å². The number of H-pyrrole nitrogens is 1. The van der Waals surface area contributed by atoms with E-state index in [1.165, 1.54) is 16.6 Å². The van der Waals surface area contributed by atoms with Crippen LogP contribution in [0, 0.1) is 0 Å². The minimum Gasteiger partial charge on any atom is -0.390 e. The molecule has 104 valence electrons. The van der Waals surface area contributed by atoms with Crippen molar-refractivity contribution in [1.29, 1.82) is 0 Å². The van der Waals surface area contributed by atoms with Crippen molar-refractivity contribution in [2.75, 3.05) is 34.2 Å². The summed E-state index contributed by atoms with van der Waals surface area (Å²) in [5.74, 6) is 0. The van der Waals surface area contributed by atoms with Gasteiger partial charge in [0.05, 0.1) is 11.5 Å². The molecule has 0 fully saturated rings. The van der Waals surface area contributed by atoms with Crippen LogP contribution in [0.4, 0.5) is 0 Å². The first kappa shape index (κ1) is 15.2. The average Bonchev–Trinajstić information content (AvgIpc) is 2.77. The summed E-state index contributed by atoms with van der Waals surface area (Å²) in [5.41, 5.74) is 0.496. The van der Waals surface area contributed by atoms with Gasteiger partial charge in [-0.15, -0.1) is 0 Å². The summed E-state index contributed by atoms with van der Waals surface area (Å²) in [7, 11) is 2.02. The van der Waals surface area contributed by atoms with E-state index >= 15 is 0 Å². The molecule has 0 aliphatic heterocycles. The first-order chi connectivity index (χ1) is 8.37.